The average Bonchev–Trinajstić information content (AvgIpc) is 3.43. The molecule has 2 aliphatic carbocycles. The van der Waals surface area contributed by atoms with Crippen LogP contribution in [0.5, 0.6) is 0 Å². The molecule has 0 bridgehead atoms. The highest BCUT2D eigenvalue weighted by Crippen LogP contribution is 2.73. The number of hydrogen-bond acceptors (Lipinski definition) is 11. The van der Waals surface area contributed by atoms with E-state index in [1.165, 1.54) is 7.11 Å². The van der Waals surface area contributed by atoms with Crippen molar-refractivity contribution in [2.45, 2.75) is 71.2 Å². The van der Waals surface area contributed by atoms with Gasteiger partial charge in [0.15, 0.2) is 0 Å². The van der Waals surface area contributed by atoms with Gasteiger partial charge in [0.25, 0.3) is 5.79 Å². The van der Waals surface area contributed by atoms with Gasteiger partial charge in [0.05, 0.1) is 45.7 Å². The molecule has 0 aromatic carbocycles. The van der Waals surface area contributed by atoms with Crippen molar-refractivity contribution in [3.8, 4) is 0 Å². The quantitative estimate of drug-likeness (QED) is 0.258. The van der Waals surface area contributed by atoms with E-state index in [0.29, 0.717) is 5.57 Å². The topological polar surface area (TPSA) is 158 Å². The Morgan fingerprint density at radius 1 is 1.08 bits per heavy atom. The summed E-state index contributed by atoms with van der Waals surface area (Å²) in [6.45, 7) is 8.06. The Morgan fingerprint density at radius 3 is 2.24 bits per heavy atom. The second-order valence-electron chi connectivity index (χ2n) is 11.4. The minimum atomic E-state index is -2.53. The highest BCUT2D eigenvalue weighted by Gasteiger charge is 2.85. The summed E-state index contributed by atoms with van der Waals surface area (Å²) in [7, 11) is 2.30. The van der Waals surface area contributed by atoms with Crippen LogP contribution in [0, 0.1) is 34.0 Å². The van der Waals surface area contributed by atoms with Gasteiger partial charge in [0.2, 0.25) is 0 Å². The van der Waals surface area contributed by atoms with Crippen LogP contribution in [0.2, 0.25) is 0 Å². The Morgan fingerprint density at radius 2 is 1.70 bits per heavy atom. The highest BCUT2D eigenvalue weighted by molar-refractivity contribution is 5.88. The number of methoxy groups -OCH3 is 2. The molecule has 2 saturated carbocycles. The fraction of sp³-hybridized carbons (Fsp3) is 0.808. The van der Waals surface area contributed by atoms with E-state index in [2.05, 4.69) is 0 Å². The molecule has 4 aliphatic rings. The van der Waals surface area contributed by atoms with Gasteiger partial charge >= 0.3 is 17.9 Å². The van der Waals surface area contributed by atoms with Crippen LogP contribution in [-0.2, 0) is 38.1 Å². The Hall–Kier alpha value is -2.05. The van der Waals surface area contributed by atoms with E-state index in [1.54, 1.807) is 26.8 Å². The summed E-state index contributed by atoms with van der Waals surface area (Å²) < 4.78 is 28.0. The maximum Gasteiger partial charge on any atom is 0.366 e. The van der Waals surface area contributed by atoms with Crippen molar-refractivity contribution in [1.29, 1.82) is 0 Å². The molecule has 208 valence electrons. The molecule has 37 heavy (non-hydrogen) atoms. The van der Waals surface area contributed by atoms with Crippen LogP contribution in [0.4, 0.5) is 0 Å². The second-order valence-corrected chi connectivity index (χ2v) is 11.4. The van der Waals surface area contributed by atoms with Gasteiger partial charge in [-0.15, -0.1) is 0 Å². The SMILES string of the molecule is C/C=C(\C)C(=O)O[C@H]1C[C@@H](O)[C@@]2(C(=O)OC)CO[C@H]3[C@@H](O)C(C)(C(C)C)[C@H]4[C@]1(CO[C@]4(O)C(=O)OC)[C@@H]32. The van der Waals surface area contributed by atoms with Crippen LogP contribution in [0.3, 0.4) is 0 Å². The molecule has 3 N–H and O–H groups in total. The third-order valence-electron chi connectivity index (χ3n) is 9.94. The lowest BCUT2D eigenvalue weighted by molar-refractivity contribution is -0.292. The van der Waals surface area contributed by atoms with Gasteiger partial charge in [-0.3, -0.25) is 4.79 Å². The van der Waals surface area contributed by atoms with E-state index in [0.717, 1.165) is 7.11 Å². The summed E-state index contributed by atoms with van der Waals surface area (Å²) in [5, 5.41) is 35.1. The lowest BCUT2D eigenvalue weighted by Gasteiger charge is -2.65. The van der Waals surface area contributed by atoms with E-state index in [9.17, 15) is 29.7 Å². The lowest BCUT2D eigenvalue weighted by atomic mass is 9.38. The number of ether oxygens (including phenoxy) is 5. The zero-order valence-electron chi connectivity index (χ0n) is 22.3. The van der Waals surface area contributed by atoms with E-state index in [-0.39, 0.29) is 25.6 Å². The van der Waals surface area contributed by atoms with Crippen molar-refractivity contribution in [2.75, 3.05) is 27.4 Å². The summed E-state index contributed by atoms with van der Waals surface area (Å²) in [6.07, 6.45) is -3.40. The Kier molecular flexibility index (Phi) is 6.81. The van der Waals surface area contributed by atoms with E-state index in [4.69, 9.17) is 23.7 Å². The van der Waals surface area contributed by atoms with Crippen LogP contribution < -0.4 is 0 Å². The fourth-order valence-corrected chi connectivity index (χ4v) is 7.76. The molecule has 11 heteroatoms. The van der Waals surface area contributed by atoms with E-state index >= 15 is 0 Å². The molecule has 4 fully saturated rings. The molecular weight excluding hydrogens is 488 g/mol. The summed E-state index contributed by atoms with van der Waals surface area (Å²) in [5.74, 6) is -7.60. The zero-order valence-corrected chi connectivity index (χ0v) is 22.3. The number of aliphatic hydroxyl groups is 3. The van der Waals surface area contributed by atoms with Gasteiger partial charge in [0.1, 0.15) is 11.5 Å². The average molecular weight is 527 g/mol. The van der Waals surface area contributed by atoms with Crippen LogP contribution in [0.25, 0.3) is 0 Å². The third-order valence-corrected chi connectivity index (χ3v) is 9.94. The molecule has 10 atom stereocenters. The molecule has 2 saturated heterocycles. The Bertz CT molecular complexity index is 1010. The molecule has 1 unspecified atom stereocenters. The minimum Gasteiger partial charge on any atom is -0.468 e. The predicted octanol–water partition coefficient (Wildman–Crippen LogP) is 0.335. The van der Waals surface area contributed by atoms with Gasteiger partial charge in [-0.05, 0) is 19.8 Å². The molecule has 0 aromatic rings. The van der Waals surface area contributed by atoms with Crippen molar-refractivity contribution < 1.29 is 53.4 Å². The van der Waals surface area contributed by atoms with Crippen molar-refractivity contribution in [2.24, 2.45) is 34.0 Å². The number of esters is 3. The van der Waals surface area contributed by atoms with Gasteiger partial charge in [-0.2, -0.15) is 0 Å². The first-order chi connectivity index (χ1) is 17.2. The van der Waals surface area contributed by atoms with Crippen molar-refractivity contribution >= 4 is 17.9 Å². The van der Waals surface area contributed by atoms with E-state index in [1.807, 2.05) is 13.8 Å². The molecule has 2 aliphatic heterocycles. The number of hydrogen-bond donors (Lipinski definition) is 3. The second kappa shape index (κ2) is 9.01. The summed E-state index contributed by atoms with van der Waals surface area (Å²) in [4.78, 5) is 39.5. The normalized spacial score (nSPS) is 46.7. The van der Waals surface area contributed by atoms with Crippen LogP contribution in [0.1, 0.15) is 41.0 Å². The fourth-order valence-electron chi connectivity index (χ4n) is 7.76. The summed E-state index contributed by atoms with van der Waals surface area (Å²) in [5.41, 5.74) is -4.01. The van der Waals surface area contributed by atoms with Crippen molar-refractivity contribution in [3.63, 3.8) is 0 Å². The number of allylic oxidation sites excluding steroid dienone is 1. The molecule has 1 spiro atoms. The predicted molar refractivity (Wildman–Crippen MR) is 125 cm³/mol. The van der Waals surface area contributed by atoms with Crippen molar-refractivity contribution in [1.82, 2.24) is 0 Å². The first kappa shape index (κ1) is 28.0. The van der Waals surface area contributed by atoms with Crippen molar-refractivity contribution in [3.05, 3.63) is 11.6 Å². The number of rotatable bonds is 5. The number of carbonyl (C=O) groups is 3. The standard InChI is InChI=1S/C26H38O11/c1-8-13(4)19(29)37-15-9-14(27)24(21(30)33-6)10-35-16-17(24)25(15)11-36-26(32,22(31)34-7)20(25)23(5,12(2)3)18(16)28/h8,12,14-18,20,27-28,32H,9-11H2,1-7H3/b13-8+/t14-,15+,16-,17+,18-,20+,23?,24+,25+,26+/m1/s1. The maximum absolute atomic E-state index is 13.4. The molecule has 11 nitrogen and oxygen atoms in total. The summed E-state index contributed by atoms with van der Waals surface area (Å²) in [6, 6.07) is 0. The van der Waals surface area contributed by atoms with Gasteiger partial charge < -0.3 is 39.0 Å². The molecule has 0 aromatic heterocycles. The van der Waals surface area contributed by atoms with Gasteiger partial charge in [0, 0.05) is 34.7 Å². The largest absolute Gasteiger partial charge is 0.468 e. The maximum atomic E-state index is 13.4. The van der Waals surface area contributed by atoms with E-state index < -0.39 is 76.2 Å². The summed E-state index contributed by atoms with van der Waals surface area (Å²) >= 11 is 0. The molecule has 0 amide bonds. The molecule has 2 heterocycles. The Labute approximate surface area is 216 Å². The third kappa shape index (κ3) is 3.27. The monoisotopic (exact) mass is 526 g/mol. The first-order valence-electron chi connectivity index (χ1n) is 12.6. The lowest BCUT2D eigenvalue weighted by Crippen LogP contribution is -2.76. The first-order valence-corrected chi connectivity index (χ1v) is 12.6. The van der Waals surface area contributed by atoms with Crippen LogP contribution in [0.15, 0.2) is 11.6 Å². The highest BCUT2D eigenvalue weighted by atomic mass is 16.7. The molecular formula is C26H38O11. The molecule has 0 radical (unpaired) electrons. The van der Waals surface area contributed by atoms with Gasteiger partial charge in [-0.25, -0.2) is 9.59 Å². The number of aliphatic hydroxyl groups excluding tert-OH is 2. The smallest absolute Gasteiger partial charge is 0.366 e. The molecule has 4 rings (SSSR count). The van der Waals surface area contributed by atoms with Gasteiger partial charge in [-0.1, -0.05) is 26.8 Å². The zero-order chi connectivity index (χ0) is 27.7. The van der Waals surface area contributed by atoms with Crippen LogP contribution in [-0.4, -0.2) is 90.9 Å². The minimum absolute atomic E-state index is 0.203. The number of carbonyl (C=O) groups excluding carboxylic acids is 3. The Balaban J connectivity index is 2.05. The van der Waals surface area contributed by atoms with Crippen LogP contribution >= 0.6 is 0 Å².